The fraction of sp³-hybridized carbons (Fsp3) is 0.0909. The van der Waals surface area contributed by atoms with Crippen LogP contribution < -0.4 is 0 Å². The summed E-state index contributed by atoms with van der Waals surface area (Å²) in [4.78, 5) is 10.6. The highest BCUT2D eigenvalue weighted by atomic mass is 79.9. The van der Waals surface area contributed by atoms with Crippen LogP contribution in [0, 0.1) is 5.82 Å². The van der Waals surface area contributed by atoms with Crippen molar-refractivity contribution in [1.82, 2.24) is 9.78 Å². The van der Waals surface area contributed by atoms with Crippen LogP contribution in [0.15, 0.2) is 35.1 Å². The van der Waals surface area contributed by atoms with Crippen LogP contribution in [-0.2, 0) is 11.2 Å². The van der Waals surface area contributed by atoms with Gasteiger partial charge < -0.3 is 5.11 Å². The molecule has 0 aliphatic carbocycles. The van der Waals surface area contributed by atoms with Crippen LogP contribution in [-0.4, -0.2) is 20.9 Å². The maximum atomic E-state index is 12.8. The minimum Gasteiger partial charge on any atom is -0.481 e. The van der Waals surface area contributed by atoms with Crippen molar-refractivity contribution < 1.29 is 14.3 Å². The maximum absolute atomic E-state index is 12.8. The third-order valence-corrected chi connectivity index (χ3v) is 3.04. The van der Waals surface area contributed by atoms with Crippen LogP contribution in [0.25, 0.3) is 5.69 Å². The third-order valence-electron chi connectivity index (χ3n) is 2.19. The zero-order chi connectivity index (χ0) is 12.4. The van der Waals surface area contributed by atoms with E-state index in [2.05, 4.69) is 21.0 Å². The zero-order valence-corrected chi connectivity index (χ0v) is 10.2. The lowest BCUT2D eigenvalue weighted by Gasteiger charge is -2.03. The topological polar surface area (TPSA) is 55.1 Å². The van der Waals surface area contributed by atoms with Gasteiger partial charge in [0.1, 0.15) is 10.4 Å². The minimum atomic E-state index is -0.927. The van der Waals surface area contributed by atoms with E-state index in [4.69, 9.17) is 5.11 Å². The molecule has 0 saturated heterocycles. The summed E-state index contributed by atoms with van der Waals surface area (Å²) in [6.45, 7) is 0. The Labute approximate surface area is 105 Å². The Morgan fingerprint density at radius 2 is 2.06 bits per heavy atom. The minimum absolute atomic E-state index is 0.109. The zero-order valence-electron chi connectivity index (χ0n) is 8.60. The molecule has 0 atom stereocenters. The van der Waals surface area contributed by atoms with Crippen LogP contribution in [0.2, 0.25) is 0 Å². The van der Waals surface area contributed by atoms with Crippen molar-refractivity contribution in [1.29, 1.82) is 0 Å². The van der Waals surface area contributed by atoms with Crippen molar-refractivity contribution in [2.45, 2.75) is 6.42 Å². The van der Waals surface area contributed by atoms with Crippen molar-refractivity contribution >= 4 is 21.9 Å². The average Bonchev–Trinajstić information content (AvgIpc) is 2.61. The van der Waals surface area contributed by atoms with Crippen LogP contribution in [0.5, 0.6) is 0 Å². The Hall–Kier alpha value is -1.69. The largest absolute Gasteiger partial charge is 0.481 e. The fourth-order valence-corrected chi connectivity index (χ4v) is 1.95. The van der Waals surface area contributed by atoms with E-state index in [1.165, 1.54) is 23.0 Å². The van der Waals surface area contributed by atoms with Gasteiger partial charge in [-0.2, -0.15) is 5.10 Å². The second kappa shape index (κ2) is 4.67. The fourth-order valence-electron chi connectivity index (χ4n) is 1.41. The average molecular weight is 299 g/mol. The first-order valence-electron chi connectivity index (χ1n) is 4.78. The van der Waals surface area contributed by atoms with Gasteiger partial charge >= 0.3 is 5.97 Å². The molecule has 0 aliphatic heterocycles. The second-order valence-electron chi connectivity index (χ2n) is 3.42. The molecule has 0 spiro atoms. The van der Waals surface area contributed by atoms with Crippen molar-refractivity contribution in [2.24, 2.45) is 0 Å². The number of benzene rings is 1. The van der Waals surface area contributed by atoms with Gasteiger partial charge in [0.25, 0.3) is 0 Å². The summed E-state index contributed by atoms with van der Waals surface area (Å²) in [5, 5.41) is 12.8. The Balaban J connectivity index is 2.37. The molecule has 88 valence electrons. The lowest BCUT2D eigenvalue weighted by atomic mass is 10.2. The number of carbonyl (C=O) groups is 1. The van der Waals surface area contributed by atoms with E-state index < -0.39 is 5.97 Å². The summed E-state index contributed by atoms with van der Waals surface area (Å²) in [5.74, 6) is -1.26. The number of carboxylic acids is 1. The molecule has 0 bridgehead atoms. The third kappa shape index (κ3) is 2.52. The predicted octanol–water partition coefficient (Wildman–Crippen LogP) is 2.40. The number of nitrogens with zero attached hydrogens (tertiary/aromatic N) is 2. The first kappa shape index (κ1) is 11.8. The lowest BCUT2D eigenvalue weighted by Crippen LogP contribution is -2.01. The summed E-state index contributed by atoms with van der Waals surface area (Å²) in [5.41, 5.74) is 1.23. The molecule has 1 N–H and O–H groups in total. The Morgan fingerprint density at radius 1 is 1.41 bits per heavy atom. The van der Waals surface area contributed by atoms with Gasteiger partial charge in [-0.3, -0.25) is 4.79 Å². The molecule has 6 heteroatoms. The molecular formula is C11H8BrFN2O2. The molecule has 1 aromatic heterocycles. The Kier molecular flexibility index (Phi) is 3.23. The Bertz CT molecular complexity index is 551. The first-order chi connectivity index (χ1) is 8.08. The molecule has 0 aliphatic rings. The summed E-state index contributed by atoms with van der Waals surface area (Å²) in [6, 6.07) is 5.77. The van der Waals surface area contributed by atoms with Crippen molar-refractivity contribution in [3.05, 3.63) is 46.4 Å². The first-order valence-corrected chi connectivity index (χ1v) is 5.57. The Morgan fingerprint density at radius 3 is 2.65 bits per heavy atom. The number of halogens is 2. The van der Waals surface area contributed by atoms with Crippen molar-refractivity contribution in [3.8, 4) is 5.69 Å². The molecule has 17 heavy (non-hydrogen) atoms. The highest BCUT2D eigenvalue weighted by Gasteiger charge is 2.12. The SMILES string of the molecule is O=C(O)Cc1cnn(-c2ccc(F)cc2)c1Br. The van der Waals surface area contributed by atoms with Gasteiger partial charge in [0.15, 0.2) is 0 Å². The summed E-state index contributed by atoms with van der Waals surface area (Å²) in [7, 11) is 0. The van der Waals surface area contributed by atoms with Crippen LogP contribution >= 0.6 is 15.9 Å². The van der Waals surface area contributed by atoms with Gasteiger partial charge in [-0.15, -0.1) is 0 Å². The number of carboxylic acid groups (broad SMARTS) is 1. The van der Waals surface area contributed by atoms with E-state index in [1.807, 2.05) is 0 Å². The molecule has 0 saturated carbocycles. The maximum Gasteiger partial charge on any atom is 0.307 e. The number of hydrogen-bond donors (Lipinski definition) is 1. The molecule has 2 aromatic rings. The van der Waals surface area contributed by atoms with Gasteiger partial charge in [0, 0.05) is 5.56 Å². The highest BCUT2D eigenvalue weighted by molar-refractivity contribution is 9.10. The van der Waals surface area contributed by atoms with E-state index in [9.17, 15) is 9.18 Å². The summed E-state index contributed by atoms with van der Waals surface area (Å²) >= 11 is 3.28. The highest BCUT2D eigenvalue weighted by Crippen LogP contribution is 2.21. The number of hydrogen-bond acceptors (Lipinski definition) is 2. The normalized spacial score (nSPS) is 10.5. The number of aliphatic carboxylic acids is 1. The second-order valence-corrected chi connectivity index (χ2v) is 4.17. The van der Waals surface area contributed by atoms with Crippen molar-refractivity contribution in [2.75, 3.05) is 0 Å². The van der Waals surface area contributed by atoms with E-state index in [0.717, 1.165) is 0 Å². The molecule has 0 fully saturated rings. The monoisotopic (exact) mass is 298 g/mol. The van der Waals surface area contributed by atoms with Gasteiger partial charge in [0.2, 0.25) is 0 Å². The van der Waals surface area contributed by atoms with Gasteiger partial charge in [-0.1, -0.05) is 0 Å². The van der Waals surface area contributed by atoms with Crippen molar-refractivity contribution in [3.63, 3.8) is 0 Å². The quantitative estimate of drug-likeness (QED) is 0.947. The molecule has 0 radical (unpaired) electrons. The molecule has 2 rings (SSSR count). The summed E-state index contributed by atoms with van der Waals surface area (Å²) in [6.07, 6.45) is 1.36. The lowest BCUT2D eigenvalue weighted by molar-refractivity contribution is -0.136. The van der Waals surface area contributed by atoms with Gasteiger partial charge in [-0.05, 0) is 40.2 Å². The standard InChI is InChI=1S/C11H8BrFN2O2/c12-11-7(5-10(16)17)6-14-15(11)9-3-1-8(13)2-4-9/h1-4,6H,5H2,(H,16,17). The molecule has 1 aromatic carbocycles. The van der Waals surface area contributed by atoms with E-state index in [0.29, 0.717) is 15.9 Å². The number of aromatic nitrogens is 2. The molecule has 1 heterocycles. The van der Waals surface area contributed by atoms with Crippen LogP contribution in [0.1, 0.15) is 5.56 Å². The predicted molar refractivity (Wildman–Crippen MR) is 62.6 cm³/mol. The molecule has 4 nitrogen and oxygen atoms in total. The van der Waals surface area contributed by atoms with Gasteiger partial charge in [0.05, 0.1) is 18.3 Å². The summed E-state index contributed by atoms with van der Waals surface area (Å²) < 4.78 is 14.8. The van der Waals surface area contributed by atoms with E-state index in [-0.39, 0.29) is 12.2 Å². The molecular weight excluding hydrogens is 291 g/mol. The molecule has 0 amide bonds. The van der Waals surface area contributed by atoms with E-state index in [1.54, 1.807) is 12.1 Å². The number of rotatable bonds is 3. The smallest absolute Gasteiger partial charge is 0.307 e. The van der Waals surface area contributed by atoms with Crippen LogP contribution in [0.4, 0.5) is 4.39 Å². The van der Waals surface area contributed by atoms with E-state index >= 15 is 0 Å². The molecule has 0 unspecified atom stereocenters. The van der Waals surface area contributed by atoms with Gasteiger partial charge in [-0.25, -0.2) is 9.07 Å². The van der Waals surface area contributed by atoms with Crippen LogP contribution in [0.3, 0.4) is 0 Å².